The molecule has 1 aromatic heterocycles. The highest BCUT2D eigenvalue weighted by molar-refractivity contribution is 5.98. The predicted octanol–water partition coefficient (Wildman–Crippen LogP) is 1.93. The van der Waals surface area contributed by atoms with Crippen molar-refractivity contribution in [2.45, 2.75) is 18.3 Å². The van der Waals surface area contributed by atoms with Gasteiger partial charge in [0.25, 0.3) is 0 Å². The number of nitrogens with zero attached hydrogens (tertiary/aromatic N) is 1. The SMILES string of the molecule is Nc1cnc(C2(C(=O)O)CC2)c2ccccc12. The van der Waals surface area contributed by atoms with Gasteiger partial charge in [-0.25, -0.2) is 0 Å². The molecule has 4 heteroatoms. The van der Waals surface area contributed by atoms with E-state index >= 15 is 0 Å². The molecule has 1 aromatic carbocycles. The Morgan fingerprint density at radius 1 is 1.29 bits per heavy atom. The Morgan fingerprint density at radius 2 is 1.94 bits per heavy atom. The van der Waals surface area contributed by atoms with Gasteiger partial charge in [0.2, 0.25) is 0 Å². The number of nitrogen functional groups attached to an aromatic ring is 1. The van der Waals surface area contributed by atoms with Crippen molar-refractivity contribution < 1.29 is 9.90 Å². The third-order valence-electron chi connectivity index (χ3n) is 3.44. The minimum absolute atomic E-state index is 0.588. The number of hydrogen-bond donors (Lipinski definition) is 2. The summed E-state index contributed by atoms with van der Waals surface area (Å²) in [6.45, 7) is 0. The van der Waals surface area contributed by atoms with E-state index in [1.165, 1.54) is 0 Å². The highest BCUT2D eigenvalue weighted by atomic mass is 16.4. The number of fused-ring (bicyclic) bond motifs is 1. The van der Waals surface area contributed by atoms with Gasteiger partial charge in [-0.05, 0) is 12.8 Å². The van der Waals surface area contributed by atoms with Gasteiger partial charge in [-0.3, -0.25) is 9.78 Å². The molecular formula is C13H12N2O2. The van der Waals surface area contributed by atoms with Gasteiger partial charge in [0.1, 0.15) is 5.41 Å². The largest absolute Gasteiger partial charge is 0.481 e. The van der Waals surface area contributed by atoms with Gasteiger partial charge in [0.15, 0.2) is 0 Å². The first kappa shape index (κ1) is 10.1. The van der Waals surface area contributed by atoms with Crippen LogP contribution in [0.4, 0.5) is 5.69 Å². The molecule has 4 nitrogen and oxygen atoms in total. The lowest BCUT2D eigenvalue weighted by molar-refractivity contribution is -0.140. The number of anilines is 1. The molecule has 0 spiro atoms. The van der Waals surface area contributed by atoms with Gasteiger partial charge >= 0.3 is 5.97 Å². The van der Waals surface area contributed by atoms with Crippen LogP contribution in [0.2, 0.25) is 0 Å². The van der Waals surface area contributed by atoms with Crippen molar-refractivity contribution in [2.75, 3.05) is 5.73 Å². The van der Waals surface area contributed by atoms with Crippen molar-refractivity contribution in [3.8, 4) is 0 Å². The first-order valence-corrected chi connectivity index (χ1v) is 5.52. The maximum absolute atomic E-state index is 11.3. The number of carboxylic acid groups (broad SMARTS) is 1. The third-order valence-corrected chi connectivity index (χ3v) is 3.44. The minimum Gasteiger partial charge on any atom is -0.481 e. The number of aliphatic carboxylic acids is 1. The van der Waals surface area contributed by atoms with Gasteiger partial charge in [-0.15, -0.1) is 0 Å². The Bertz CT molecular complexity index is 618. The quantitative estimate of drug-likeness (QED) is 0.823. The van der Waals surface area contributed by atoms with Crippen molar-refractivity contribution in [2.24, 2.45) is 0 Å². The number of aromatic nitrogens is 1. The van der Waals surface area contributed by atoms with Gasteiger partial charge in [0, 0.05) is 10.8 Å². The number of benzene rings is 1. The predicted molar refractivity (Wildman–Crippen MR) is 64.7 cm³/mol. The normalized spacial score (nSPS) is 16.9. The highest BCUT2D eigenvalue weighted by Gasteiger charge is 2.53. The molecule has 0 saturated heterocycles. The average Bonchev–Trinajstić information content (AvgIpc) is 3.11. The van der Waals surface area contributed by atoms with Crippen molar-refractivity contribution in [1.82, 2.24) is 4.98 Å². The van der Waals surface area contributed by atoms with E-state index in [2.05, 4.69) is 4.98 Å². The standard InChI is InChI=1S/C13H12N2O2/c14-10-7-15-11(13(5-6-13)12(16)17)9-4-2-1-3-8(9)10/h1-4,7H,5-6,14H2,(H,16,17). The first-order chi connectivity index (χ1) is 8.15. The molecule has 1 aliphatic carbocycles. The van der Waals surface area contributed by atoms with E-state index < -0.39 is 11.4 Å². The van der Waals surface area contributed by atoms with Gasteiger partial charge in [-0.2, -0.15) is 0 Å². The van der Waals surface area contributed by atoms with E-state index in [1.54, 1.807) is 6.20 Å². The molecule has 0 radical (unpaired) electrons. The van der Waals surface area contributed by atoms with Crippen molar-refractivity contribution in [1.29, 1.82) is 0 Å². The maximum atomic E-state index is 11.3. The van der Waals surface area contributed by atoms with Crippen molar-refractivity contribution in [3.05, 3.63) is 36.2 Å². The van der Waals surface area contributed by atoms with Crippen molar-refractivity contribution >= 4 is 22.4 Å². The van der Waals surface area contributed by atoms with Crippen LogP contribution in [0, 0.1) is 0 Å². The van der Waals surface area contributed by atoms with E-state index in [9.17, 15) is 9.90 Å². The van der Waals surface area contributed by atoms with E-state index in [-0.39, 0.29) is 0 Å². The molecule has 1 fully saturated rings. The molecule has 0 amide bonds. The topological polar surface area (TPSA) is 76.2 Å². The van der Waals surface area contributed by atoms with Crippen LogP contribution in [0.15, 0.2) is 30.5 Å². The van der Waals surface area contributed by atoms with Crippen LogP contribution in [0.5, 0.6) is 0 Å². The number of nitrogens with two attached hydrogens (primary N) is 1. The monoisotopic (exact) mass is 228 g/mol. The lowest BCUT2D eigenvalue weighted by Gasteiger charge is -2.13. The third kappa shape index (κ3) is 1.30. The maximum Gasteiger partial charge on any atom is 0.315 e. The summed E-state index contributed by atoms with van der Waals surface area (Å²) in [6.07, 6.45) is 2.87. The number of carboxylic acids is 1. The molecule has 86 valence electrons. The zero-order chi connectivity index (χ0) is 12.0. The molecule has 1 heterocycles. The van der Waals surface area contributed by atoms with Crippen LogP contribution in [0.3, 0.4) is 0 Å². The Balaban J connectivity index is 2.32. The Morgan fingerprint density at radius 3 is 2.53 bits per heavy atom. The molecule has 0 bridgehead atoms. The molecule has 1 aliphatic rings. The second kappa shape index (κ2) is 3.20. The fourth-order valence-corrected chi connectivity index (χ4v) is 2.27. The summed E-state index contributed by atoms with van der Waals surface area (Å²) in [4.78, 5) is 15.6. The molecular weight excluding hydrogens is 216 g/mol. The van der Waals surface area contributed by atoms with Crippen LogP contribution < -0.4 is 5.73 Å². The fourth-order valence-electron chi connectivity index (χ4n) is 2.27. The summed E-state index contributed by atoms with van der Waals surface area (Å²) in [5.74, 6) is -0.792. The number of hydrogen-bond acceptors (Lipinski definition) is 3. The summed E-state index contributed by atoms with van der Waals surface area (Å²) in [6, 6.07) is 7.55. The molecule has 3 N–H and O–H groups in total. The Labute approximate surface area is 98.1 Å². The lowest BCUT2D eigenvalue weighted by atomic mass is 9.96. The molecule has 0 atom stereocenters. The molecule has 0 aliphatic heterocycles. The number of pyridine rings is 1. The molecule has 1 saturated carbocycles. The van der Waals surface area contributed by atoms with E-state index in [0.717, 1.165) is 10.8 Å². The smallest absolute Gasteiger partial charge is 0.315 e. The van der Waals surface area contributed by atoms with Crippen LogP contribution >= 0.6 is 0 Å². The Hall–Kier alpha value is -2.10. The summed E-state index contributed by atoms with van der Waals surface area (Å²) in [5, 5.41) is 11.0. The molecule has 17 heavy (non-hydrogen) atoms. The highest BCUT2D eigenvalue weighted by Crippen LogP contribution is 2.49. The average molecular weight is 228 g/mol. The van der Waals surface area contributed by atoms with Crippen molar-refractivity contribution in [3.63, 3.8) is 0 Å². The fraction of sp³-hybridized carbons (Fsp3) is 0.231. The summed E-state index contributed by atoms with van der Waals surface area (Å²) in [7, 11) is 0. The lowest BCUT2D eigenvalue weighted by Crippen LogP contribution is -2.21. The summed E-state index contributed by atoms with van der Waals surface area (Å²) < 4.78 is 0. The molecule has 0 unspecified atom stereocenters. The zero-order valence-electron chi connectivity index (χ0n) is 9.18. The van der Waals surface area contributed by atoms with Crippen LogP contribution in [0.25, 0.3) is 10.8 Å². The minimum atomic E-state index is -0.792. The van der Waals surface area contributed by atoms with Crippen LogP contribution in [-0.4, -0.2) is 16.1 Å². The van der Waals surface area contributed by atoms with Gasteiger partial charge in [0.05, 0.1) is 17.6 Å². The van der Waals surface area contributed by atoms with Gasteiger partial charge < -0.3 is 10.8 Å². The van der Waals surface area contributed by atoms with E-state index in [4.69, 9.17) is 5.73 Å². The van der Waals surface area contributed by atoms with Crippen LogP contribution in [0.1, 0.15) is 18.5 Å². The van der Waals surface area contributed by atoms with Gasteiger partial charge in [-0.1, -0.05) is 24.3 Å². The number of carbonyl (C=O) groups is 1. The number of rotatable bonds is 2. The second-order valence-corrected chi connectivity index (χ2v) is 4.49. The molecule has 3 rings (SSSR count). The van der Waals surface area contributed by atoms with E-state index in [1.807, 2.05) is 24.3 Å². The summed E-state index contributed by atoms with van der Waals surface area (Å²) >= 11 is 0. The van der Waals surface area contributed by atoms with E-state index in [0.29, 0.717) is 24.2 Å². The van der Waals surface area contributed by atoms with Crippen LogP contribution in [-0.2, 0) is 10.2 Å². The second-order valence-electron chi connectivity index (χ2n) is 4.49. The summed E-state index contributed by atoms with van der Waals surface area (Å²) in [5.41, 5.74) is 6.31. The molecule has 2 aromatic rings. The Kier molecular flexibility index (Phi) is 1.90. The first-order valence-electron chi connectivity index (χ1n) is 5.52. The zero-order valence-corrected chi connectivity index (χ0v) is 9.18.